The molecule has 27 heavy (non-hydrogen) atoms. The van der Waals surface area contributed by atoms with Crippen molar-refractivity contribution in [2.45, 2.75) is 44.9 Å². The molecule has 2 N–H and O–H groups in total. The van der Waals surface area contributed by atoms with E-state index in [1.807, 2.05) is 0 Å². The highest BCUT2D eigenvalue weighted by molar-refractivity contribution is 5.74. The minimum absolute atomic E-state index is 0.0656. The molecule has 1 aliphatic rings. The van der Waals surface area contributed by atoms with Crippen molar-refractivity contribution >= 4 is 12.0 Å². The van der Waals surface area contributed by atoms with Crippen LogP contribution < -0.4 is 14.8 Å². The number of rotatable bonds is 7. The lowest BCUT2D eigenvalue weighted by atomic mass is 9.86. The number of methoxy groups -OCH3 is 1. The lowest BCUT2D eigenvalue weighted by Crippen LogP contribution is -2.44. The third kappa shape index (κ3) is 5.97. The molecule has 1 saturated carbocycles. The van der Waals surface area contributed by atoms with Crippen LogP contribution in [-0.4, -0.2) is 48.8 Å². The number of ether oxygens (including phenoxy) is 2. The molecule has 9 heteroatoms. The number of carbonyl (C=O) groups excluding carboxylic acids is 1. The van der Waals surface area contributed by atoms with Gasteiger partial charge in [0.25, 0.3) is 0 Å². The first-order chi connectivity index (χ1) is 12.8. The van der Waals surface area contributed by atoms with Crippen LogP contribution in [0.25, 0.3) is 0 Å². The first kappa shape index (κ1) is 20.7. The molecule has 150 valence electrons. The summed E-state index contributed by atoms with van der Waals surface area (Å²) in [7, 11) is 2.95. The zero-order valence-corrected chi connectivity index (χ0v) is 15.3. The number of carboxylic acids is 1. The minimum atomic E-state index is -2.98. The molecular weight excluding hydrogens is 362 g/mol. The minimum Gasteiger partial charge on any atom is -0.493 e. The fourth-order valence-electron chi connectivity index (χ4n) is 3.12. The summed E-state index contributed by atoms with van der Waals surface area (Å²) < 4.78 is 34.4. The first-order valence-corrected chi connectivity index (χ1v) is 8.66. The van der Waals surface area contributed by atoms with E-state index >= 15 is 0 Å². The molecule has 0 saturated heterocycles. The van der Waals surface area contributed by atoms with Crippen molar-refractivity contribution in [2.75, 3.05) is 14.2 Å². The van der Waals surface area contributed by atoms with Crippen LogP contribution in [-0.2, 0) is 11.3 Å². The standard InChI is InChI=1S/C18H24F2N2O5/c1-22(18(25)21-13-6-4-12(5-7-13)16(23)24)10-11-3-8-14(26-2)15(9-11)27-17(19)20/h3,8-9,12-13,17H,4-7,10H2,1-2H3,(H,21,25)(H,23,24). The van der Waals surface area contributed by atoms with E-state index < -0.39 is 12.6 Å². The molecule has 0 aromatic heterocycles. The van der Waals surface area contributed by atoms with Crippen LogP contribution in [0.3, 0.4) is 0 Å². The van der Waals surface area contributed by atoms with E-state index in [0.717, 1.165) is 0 Å². The molecule has 1 aliphatic carbocycles. The van der Waals surface area contributed by atoms with E-state index in [1.165, 1.54) is 24.1 Å². The van der Waals surface area contributed by atoms with Crippen molar-refractivity contribution in [3.63, 3.8) is 0 Å². The van der Waals surface area contributed by atoms with Gasteiger partial charge >= 0.3 is 18.6 Å². The number of carboxylic acid groups (broad SMARTS) is 1. The molecule has 0 bridgehead atoms. The molecular formula is C18H24F2N2O5. The third-order valence-corrected chi connectivity index (χ3v) is 4.61. The van der Waals surface area contributed by atoms with Crippen molar-refractivity contribution in [1.29, 1.82) is 0 Å². The van der Waals surface area contributed by atoms with Crippen molar-refractivity contribution < 1.29 is 33.0 Å². The third-order valence-electron chi connectivity index (χ3n) is 4.61. The van der Waals surface area contributed by atoms with Crippen molar-refractivity contribution in [1.82, 2.24) is 10.2 Å². The summed E-state index contributed by atoms with van der Waals surface area (Å²) in [5.41, 5.74) is 0.610. The number of urea groups is 1. The number of halogens is 2. The van der Waals surface area contributed by atoms with E-state index in [0.29, 0.717) is 31.2 Å². The van der Waals surface area contributed by atoms with Gasteiger partial charge in [-0.2, -0.15) is 8.78 Å². The largest absolute Gasteiger partial charge is 0.493 e. The Morgan fingerprint density at radius 1 is 1.26 bits per heavy atom. The Balaban J connectivity index is 1.91. The maximum absolute atomic E-state index is 12.5. The predicted molar refractivity (Wildman–Crippen MR) is 93.0 cm³/mol. The Kier molecular flexibility index (Phi) is 7.20. The van der Waals surface area contributed by atoms with Crippen LogP contribution in [0.5, 0.6) is 11.5 Å². The van der Waals surface area contributed by atoms with Crippen molar-refractivity contribution in [2.24, 2.45) is 5.92 Å². The Hall–Kier alpha value is -2.58. The zero-order chi connectivity index (χ0) is 20.0. The molecule has 0 unspecified atom stereocenters. The van der Waals surface area contributed by atoms with Gasteiger partial charge in [-0.05, 0) is 43.4 Å². The second-order valence-electron chi connectivity index (χ2n) is 6.56. The molecule has 0 radical (unpaired) electrons. The topological polar surface area (TPSA) is 88.1 Å². The monoisotopic (exact) mass is 386 g/mol. The van der Waals surface area contributed by atoms with E-state index in [1.54, 1.807) is 13.1 Å². The van der Waals surface area contributed by atoms with Crippen LogP contribution >= 0.6 is 0 Å². The van der Waals surface area contributed by atoms with Crippen LogP contribution in [0.4, 0.5) is 13.6 Å². The molecule has 7 nitrogen and oxygen atoms in total. The molecule has 1 aromatic rings. The number of nitrogens with one attached hydrogen (secondary N) is 1. The molecule has 0 atom stereocenters. The summed E-state index contributed by atoms with van der Waals surface area (Å²) in [6.07, 6.45) is 2.31. The average Bonchev–Trinajstić information content (AvgIpc) is 2.61. The van der Waals surface area contributed by atoms with Gasteiger partial charge in [0, 0.05) is 19.6 Å². The van der Waals surface area contributed by atoms with Gasteiger partial charge in [0.15, 0.2) is 11.5 Å². The molecule has 2 rings (SSSR count). The number of benzene rings is 1. The summed E-state index contributed by atoms with van der Waals surface area (Å²) in [6.45, 7) is -2.78. The van der Waals surface area contributed by atoms with E-state index in [-0.39, 0.29) is 36.0 Å². The lowest BCUT2D eigenvalue weighted by molar-refractivity contribution is -0.142. The van der Waals surface area contributed by atoms with Crippen LogP contribution in [0.2, 0.25) is 0 Å². The number of nitrogens with zero attached hydrogens (tertiary/aromatic N) is 1. The maximum atomic E-state index is 12.5. The summed E-state index contributed by atoms with van der Waals surface area (Å²) in [5, 5.41) is 11.9. The molecule has 0 spiro atoms. The van der Waals surface area contributed by atoms with Crippen molar-refractivity contribution in [3.8, 4) is 11.5 Å². The van der Waals surface area contributed by atoms with E-state index in [2.05, 4.69) is 10.1 Å². The highest BCUT2D eigenvalue weighted by Crippen LogP contribution is 2.30. The lowest BCUT2D eigenvalue weighted by Gasteiger charge is -2.29. The fourth-order valence-corrected chi connectivity index (χ4v) is 3.12. The normalized spacial score (nSPS) is 19.4. The van der Waals surface area contributed by atoms with Gasteiger partial charge in [0.1, 0.15) is 0 Å². The molecule has 1 aromatic carbocycles. The number of carbonyl (C=O) groups is 2. The second-order valence-corrected chi connectivity index (χ2v) is 6.56. The smallest absolute Gasteiger partial charge is 0.387 e. The summed E-state index contributed by atoms with van der Waals surface area (Å²) in [6, 6.07) is 4.21. The Bertz CT molecular complexity index is 663. The average molecular weight is 386 g/mol. The van der Waals surface area contributed by atoms with Gasteiger partial charge in [-0.15, -0.1) is 0 Å². The zero-order valence-electron chi connectivity index (χ0n) is 15.3. The van der Waals surface area contributed by atoms with Gasteiger partial charge in [-0.25, -0.2) is 4.79 Å². The number of alkyl halides is 2. The maximum Gasteiger partial charge on any atom is 0.387 e. The molecule has 0 heterocycles. The number of aliphatic carboxylic acids is 1. The van der Waals surface area contributed by atoms with Crippen molar-refractivity contribution in [3.05, 3.63) is 23.8 Å². The highest BCUT2D eigenvalue weighted by atomic mass is 19.3. The van der Waals surface area contributed by atoms with Crippen LogP contribution in [0.1, 0.15) is 31.2 Å². The van der Waals surface area contributed by atoms with Gasteiger partial charge in [-0.1, -0.05) is 6.07 Å². The fraction of sp³-hybridized carbons (Fsp3) is 0.556. The van der Waals surface area contributed by atoms with Gasteiger partial charge in [0.05, 0.1) is 13.0 Å². The Morgan fingerprint density at radius 3 is 2.48 bits per heavy atom. The van der Waals surface area contributed by atoms with Crippen LogP contribution in [0.15, 0.2) is 18.2 Å². The van der Waals surface area contributed by atoms with E-state index in [9.17, 15) is 18.4 Å². The molecule has 1 fully saturated rings. The number of amides is 2. The molecule has 2 amide bonds. The Morgan fingerprint density at radius 2 is 1.93 bits per heavy atom. The summed E-state index contributed by atoms with van der Waals surface area (Å²) >= 11 is 0. The van der Waals surface area contributed by atoms with Gasteiger partial charge < -0.3 is 24.8 Å². The highest BCUT2D eigenvalue weighted by Gasteiger charge is 2.27. The predicted octanol–water partition coefficient (Wildman–Crippen LogP) is 3.08. The van der Waals surface area contributed by atoms with E-state index in [4.69, 9.17) is 9.84 Å². The Labute approximate surface area is 156 Å². The summed E-state index contributed by atoms with van der Waals surface area (Å²) in [5.74, 6) is -1.05. The number of hydrogen-bond donors (Lipinski definition) is 2. The number of hydrogen-bond acceptors (Lipinski definition) is 4. The quantitative estimate of drug-likeness (QED) is 0.752. The van der Waals surface area contributed by atoms with Gasteiger partial charge in [0.2, 0.25) is 0 Å². The SMILES string of the molecule is COc1ccc(CN(C)C(=O)NC2CCC(C(=O)O)CC2)cc1OC(F)F. The molecule has 0 aliphatic heterocycles. The van der Waals surface area contributed by atoms with Crippen LogP contribution in [0, 0.1) is 5.92 Å². The van der Waals surface area contributed by atoms with Gasteiger partial charge in [-0.3, -0.25) is 4.79 Å². The first-order valence-electron chi connectivity index (χ1n) is 8.66. The second kappa shape index (κ2) is 9.38. The summed E-state index contributed by atoms with van der Waals surface area (Å²) in [4.78, 5) is 24.7.